The van der Waals surface area contributed by atoms with E-state index in [9.17, 15) is 12.8 Å². The number of sulfonamides is 1. The molecule has 0 aliphatic carbocycles. The van der Waals surface area contributed by atoms with Gasteiger partial charge in [0, 0.05) is 0 Å². The van der Waals surface area contributed by atoms with Crippen molar-refractivity contribution in [1.29, 1.82) is 0 Å². The average molecular weight is 302 g/mol. The summed E-state index contributed by atoms with van der Waals surface area (Å²) in [7, 11) is -3.95. The molecule has 0 unspecified atom stereocenters. The Balaban J connectivity index is 1.85. The SMILES string of the molecule is O=S1(=O)N=C(CSC2COC2)Nc2cccc(F)c21. The van der Waals surface area contributed by atoms with Crippen LogP contribution in [0.2, 0.25) is 0 Å². The predicted octanol–water partition coefficient (Wildman–Crippen LogP) is 1.47. The van der Waals surface area contributed by atoms with Crippen LogP contribution in [0.3, 0.4) is 0 Å². The molecule has 1 aromatic carbocycles. The molecule has 102 valence electrons. The highest BCUT2D eigenvalue weighted by atomic mass is 32.2. The summed E-state index contributed by atoms with van der Waals surface area (Å²) in [6, 6.07) is 4.10. The quantitative estimate of drug-likeness (QED) is 0.916. The van der Waals surface area contributed by atoms with Crippen LogP contribution in [0, 0.1) is 5.82 Å². The molecule has 0 amide bonds. The van der Waals surface area contributed by atoms with Gasteiger partial charge in [0.05, 0.1) is 29.9 Å². The fourth-order valence-corrected chi connectivity index (χ4v) is 4.01. The minimum atomic E-state index is -3.95. The number of hydrogen-bond donors (Lipinski definition) is 1. The zero-order valence-corrected chi connectivity index (χ0v) is 11.4. The van der Waals surface area contributed by atoms with Crippen molar-refractivity contribution in [2.45, 2.75) is 10.1 Å². The van der Waals surface area contributed by atoms with Crippen LogP contribution in [-0.2, 0) is 14.8 Å². The van der Waals surface area contributed by atoms with E-state index in [1.807, 2.05) is 0 Å². The molecule has 1 N–H and O–H groups in total. The number of rotatable bonds is 3. The summed E-state index contributed by atoms with van der Waals surface area (Å²) in [5.74, 6) is -0.0220. The van der Waals surface area contributed by atoms with Gasteiger partial charge in [-0.2, -0.15) is 8.42 Å². The molecule has 1 fully saturated rings. The molecule has 2 aliphatic rings. The van der Waals surface area contributed by atoms with Crippen LogP contribution < -0.4 is 5.32 Å². The number of amidine groups is 1. The normalized spacial score (nSPS) is 21.0. The number of benzene rings is 1. The van der Waals surface area contributed by atoms with E-state index in [0.29, 0.717) is 30.1 Å². The lowest BCUT2D eigenvalue weighted by Crippen LogP contribution is -2.32. The van der Waals surface area contributed by atoms with E-state index in [1.165, 1.54) is 12.1 Å². The third-order valence-corrected chi connectivity index (χ3v) is 5.37. The monoisotopic (exact) mass is 302 g/mol. The van der Waals surface area contributed by atoms with Crippen LogP contribution in [0.15, 0.2) is 27.5 Å². The van der Waals surface area contributed by atoms with Gasteiger partial charge in [0.1, 0.15) is 16.5 Å². The molecule has 3 rings (SSSR count). The van der Waals surface area contributed by atoms with Crippen LogP contribution in [-0.4, -0.2) is 38.5 Å². The minimum absolute atomic E-state index is 0.246. The third kappa shape index (κ3) is 2.47. The zero-order chi connectivity index (χ0) is 13.5. The largest absolute Gasteiger partial charge is 0.379 e. The Labute approximate surface area is 114 Å². The Morgan fingerprint density at radius 2 is 2.26 bits per heavy atom. The van der Waals surface area contributed by atoms with Gasteiger partial charge in [-0.1, -0.05) is 6.07 Å². The van der Waals surface area contributed by atoms with Crippen molar-refractivity contribution in [3.05, 3.63) is 24.0 Å². The maximum absolute atomic E-state index is 13.6. The lowest BCUT2D eigenvalue weighted by molar-refractivity contribution is 0.0456. The Morgan fingerprint density at radius 1 is 1.47 bits per heavy atom. The van der Waals surface area contributed by atoms with Gasteiger partial charge in [0.25, 0.3) is 10.0 Å². The second kappa shape index (κ2) is 4.77. The Kier molecular flexibility index (Phi) is 3.23. The first-order valence-corrected chi connectivity index (χ1v) is 8.14. The molecular formula is C11H11FN2O3S2. The summed E-state index contributed by atoms with van der Waals surface area (Å²) in [6.45, 7) is 1.35. The summed E-state index contributed by atoms with van der Waals surface area (Å²) in [5, 5.41) is 3.24. The number of ether oxygens (including phenoxy) is 1. The molecule has 19 heavy (non-hydrogen) atoms. The van der Waals surface area contributed by atoms with E-state index < -0.39 is 15.8 Å². The predicted molar refractivity (Wildman–Crippen MR) is 71.7 cm³/mol. The first kappa shape index (κ1) is 12.9. The molecule has 0 bridgehead atoms. The Bertz CT molecular complexity index is 641. The van der Waals surface area contributed by atoms with E-state index in [4.69, 9.17) is 4.74 Å². The van der Waals surface area contributed by atoms with Crippen molar-refractivity contribution >= 4 is 33.3 Å². The molecular weight excluding hydrogens is 291 g/mol. The van der Waals surface area contributed by atoms with Crippen molar-refractivity contribution in [3.8, 4) is 0 Å². The highest BCUT2D eigenvalue weighted by molar-refractivity contribution is 8.00. The molecule has 0 aromatic heterocycles. The average Bonchev–Trinajstić information content (AvgIpc) is 2.25. The molecule has 0 radical (unpaired) electrons. The summed E-state index contributed by atoms with van der Waals surface area (Å²) in [4.78, 5) is -0.379. The first-order valence-electron chi connectivity index (χ1n) is 5.65. The lowest BCUT2D eigenvalue weighted by Gasteiger charge is -2.26. The highest BCUT2D eigenvalue weighted by Gasteiger charge is 2.29. The van der Waals surface area contributed by atoms with Crippen molar-refractivity contribution in [1.82, 2.24) is 0 Å². The van der Waals surface area contributed by atoms with Crippen LogP contribution >= 0.6 is 11.8 Å². The minimum Gasteiger partial charge on any atom is -0.379 e. The van der Waals surface area contributed by atoms with E-state index >= 15 is 0 Å². The fraction of sp³-hybridized carbons (Fsp3) is 0.364. The molecule has 0 spiro atoms. The molecule has 0 saturated carbocycles. The number of nitrogens with one attached hydrogen (secondary N) is 1. The van der Waals surface area contributed by atoms with Crippen molar-refractivity contribution in [3.63, 3.8) is 0 Å². The number of halogens is 1. The van der Waals surface area contributed by atoms with Gasteiger partial charge >= 0.3 is 0 Å². The third-order valence-electron chi connectivity index (χ3n) is 2.80. The second-order valence-corrected chi connectivity index (χ2v) is 7.05. The number of nitrogens with zero attached hydrogens (tertiary/aromatic N) is 1. The lowest BCUT2D eigenvalue weighted by atomic mass is 10.3. The van der Waals surface area contributed by atoms with Crippen LogP contribution in [0.5, 0.6) is 0 Å². The van der Waals surface area contributed by atoms with Crippen molar-refractivity contribution < 1.29 is 17.5 Å². The summed E-state index contributed by atoms with van der Waals surface area (Å²) >= 11 is 1.57. The summed E-state index contributed by atoms with van der Waals surface area (Å²) in [5.41, 5.74) is 0.246. The summed E-state index contributed by atoms with van der Waals surface area (Å²) in [6.07, 6.45) is 0. The van der Waals surface area contributed by atoms with Gasteiger partial charge in [0.15, 0.2) is 0 Å². The zero-order valence-electron chi connectivity index (χ0n) is 9.80. The van der Waals surface area contributed by atoms with Gasteiger partial charge in [-0.15, -0.1) is 16.2 Å². The van der Waals surface area contributed by atoms with Crippen LogP contribution in [0.1, 0.15) is 0 Å². The molecule has 8 heteroatoms. The Morgan fingerprint density at radius 3 is 2.95 bits per heavy atom. The second-order valence-electron chi connectivity index (χ2n) is 4.23. The van der Waals surface area contributed by atoms with Gasteiger partial charge < -0.3 is 10.1 Å². The highest BCUT2D eigenvalue weighted by Crippen LogP contribution is 2.30. The first-order chi connectivity index (χ1) is 9.06. The van der Waals surface area contributed by atoms with E-state index in [1.54, 1.807) is 11.8 Å². The van der Waals surface area contributed by atoms with E-state index in [0.717, 1.165) is 6.07 Å². The number of anilines is 1. The van der Waals surface area contributed by atoms with Gasteiger partial charge in [-0.25, -0.2) is 4.39 Å². The van der Waals surface area contributed by atoms with Gasteiger partial charge in [-0.3, -0.25) is 0 Å². The van der Waals surface area contributed by atoms with Crippen molar-refractivity contribution in [2.24, 2.45) is 4.40 Å². The smallest absolute Gasteiger partial charge is 0.288 e. The fourth-order valence-electron chi connectivity index (χ4n) is 1.81. The Hall–Kier alpha value is -1.12. The molecule has 0 atom stereocenters. The number of thioether (sulfide) groups is 1. The standard InChI is InChI=1S/C11H11FN2O3S2/c12-8-2-1-3-9-11(8)19(15,16)14-10(13-9)6-18-7-4-17-5-7/h1-3,7H,4-6H2,(H,13,14). The molecule has 2 aliphatic heterocycles. The van der Waals surface area contributed by atoms with Crippen LogP contribution in [0.25, 0.3) is 0 Å². The van der Waals surface area contributed by atoms with E-state index in [2.05, 4.69) is 9.71 Å². The summed E-state index contributed by atoms with van der Waals surface area (Å²) < 4.78 is 46.1. The number of fused-ring (bicyclic) bond motifs is 1. The number of hydrogen-bond acceptors (Lipinski definition) is 5. The molecule has 5 nitrogen and oxygen atoms in total. The molecule has 1 saturated heterocycles. The molecule has 2 heterocycles. The van der Waals surface area contributed by atoms with Gasteiger partial charge in [0.2, 0.25) is 0 Å². The van der Waals surface area contributed by atoms with Gasteiger partial charge in [-0.05, 0) is 12.1 Å². The topological polar surface area (TPSA) is 67.8 Å². The maximum atomic E-state index is 13.6. The molecule has 1 aromatic rings. The van der Waals surface area contributed by atoms with E-state index in [-0.39, 0.29) is 10.6 Å². The maximum Gasteiger partial charge on any atom is 0.288 e. The van der Waals surface area contributed by atoms with Crippen LogP contribution in [0.4, 0.5) is 10.1 Å². The van der Waals surface area contributed by atoms with Crippen molar-refractivity contribution in [2.75, 3.05) is 24.3 Å².